The number of rotatable bonds is 6. The van der Waals surface area contributed by atoms with Gasteiger partial charge in [-0.15, -0.1) is 11.3 Å². The molecule has 1 rings (SSSR count). The van der Waals surface area contributed by atoms with Gasteiger partial charge < -0.3 is 11.1 Å². The molecule has 5 heteroatoms. The molecule has 90 valence electrons. The fraction of sp³-hybridized carbons (Fsp3) is 0.636. The molecule has 0 aromatic carbocycles. The van der Waals surface area contributed by atoms with Gasteiger partial charge in [0.25, 0.3) is 0 Å². The van der Waals surface area contributed by atoms with Crippen LogP contribution in [0.1, 0.15) is 36.9 Å². The molecule has 1 amide bonds. The quantitative estimate of drug-likeness (QED) is 0.791. The van der Waals surface area contributed by atoms with Crippen molar-refractivity contribution in [2.45, 2.75) is 39.2 Å². The number of thiazole rings is 1. The molecule has 2 atom stereocenters. The van der Waals surface area contributed by atoms with Gasteiger partial charge in [0.15, 0.2) is 0 Å². The summed E-state index contributed by atoms with van der Waals surface area (Å²) in [6, 6.07) is 0.126. The van der Waals surface area contributed by atoms with Crippen LogP contribution in [0.15, 0.2) is 5.38 Å². The molecule has 0 saturated heterocycles. The lowest BCUT2D eigenvalue weighted by Gasteiger charge is -2.15. The van der Waals surface area contributed by atoms with E-state index in [2.05, 4.69) is 22.6 Å². The Morgan fingerprint density at radius 1 is 1.62 bits per heavy atom. The minimum Gasteiger partial charge on any atom is -0.370 e. The standard InChI is InChI=1S/C11H19N3OS/c1-7(11-14-9(3)6-16-11)5-13-8(2)4-10(12)15/h6-8,13H,4-5H2,1-3H3,(H2,12,15). The average Bonchev–Trinajstić information content (AvgIpc) is 2.60. The number of nitrogens with one attached hydrogen (secondary N) is 1. The van der Waals surface area contributed by atoms with E-state index in [1.54, 1.807) is 11.3 Å². The summed E-state index contributed by atoms with van der Waals surface area (Å²) >= 11 is 1.68. The van der Waals surface area contributed by atoms with Crippen LogP contribution >= 0.6 is 11.3 Å². The maximum Gasteiger partial charge on any atom is 0.218 e. The lowest BCUT2D eigenvalue weighted by Crippen LogP contribution is -2.33. The lowest BCUT2D eigenvalue weighted by atomic mass is 10.1. The lowest BCUT2D eigenvalue weighted by molar-refractivity contribution is -0.118. The summed E-state index contributed by atoms with van der Waals surface area (Å²) in [5, 5.41) is 6.48. The summed E-state index contributed by atoms with van der Waals surface area (Å²) < 4.78 is 0. The molecule has 0 radical (unpaired) electrons. The Kier molecular flexibility index (Phi) is 4.89. The molecule has 2 unspecified atom stereocenters. The summed E-state index contributed by atoms with van der Waals surface area (Å²) in [6.07, 6.45) is 0.379. The number of amides is 1. The van der Waals surface area contributed by atoms with Gasteiger partial charge in [0.2, 0.25) is 5.91 Å². The highest BCUT2D eigenvalue weighted by Crippen LogP contribution is 2.18. The van der Waals surface area contributed by atoms with Crippen LogP contribution in [0.2, 0.25) is 0 Å². The van der Waals surface area contributed by atoms with Crippen molar-refractivity contribution >= 4 is 17.2 Å². The van der Waals surface area contributed by atoms with Crippen LogP contribution in [0, 0.1) is 6.92 Å². The monoisotopic (exact) mass is 241 g/mol. The summed E-state index contributed by atoms with van der Waals surface area (Å²) in [5.41, 5.74) is 6.19. The van der Waals surface area contributed by atoms with Crippen LogP contribution in [0.5, 0.6) is 0 Å². The second kappa shape index (κ2) is 5.96. The molecule has 0 aliphatic rings. The second-order valence-corrected chi connectivity index (χ2v) is 5.10. The van der Waals surface area contributed by atoms with Gasteiger partial charge >= 0.3 is 0 Å². The summed E-state index contributed by atoms with van der Waals surface area (Å²) in [7, 11) is 0. The first kappa shape index (κ1) is 13.1. The predicted octanol–water partition coefficient (Wildman–Crippen LogP) is 1.41. The third-order valence-electron chi connectivity index (χ3n) is 2.34. The molecular formula is C11H19N3OS. The maximum atomic E-state index is 10.7. The second-order valence-electron chi connectivity index (χ2n) is 4.21. The number of primary amides is 1. The molecule has 0 spiro atoms. The third kappa shape index (κ3) is 4.28. The van der Waals surface area contributed by atoms with E-state index in [1.807, 2.05) is 13.8 Å². The predicted molar refractivity (Wildman–Crippen MR) is 66.5 cm³/mol. The summed E-state index contributed by atoms with van der Waals surface area (Å²) in [6.45, 7) is 6.91. The minimum absolute atomic E-state index is 0.126. The number of aryl methyl sites for hydroxylation is 1. The summed E-state index contributed by atoms with van der Waals surface area (Å²) in [5.74, 6) is 0.103. The van der Waals surface area contributed by atoms with Gasteiger partial charge in [0, 0.05) is 36.0 Å². The van der Waals surface area contributed by atoms with E-state index in [0.29, 0.717) is 12.3 Å². The SMILES string of the molecule is Cc1csc(C(C)CNC(C)CC(N)=O)n1. The molecule has 1 heterocycles. The number of aromatic nitrogens is 1. The average molecular weight is 241 g/mol. The molecular weight excluding hydrogens is 222 g/mol. The fourth-order valence-corrected chi connectivity index (χ4v) is 2.29. The van der Waals surface area contributed by atoms with Gasteiger partial charge in [-0.2, -0.15) is 0 Å². The van der Waals surface area contributed by atoms with Crippen molar-refractivity contribution in [1.29, 1.82) is 0 Å². The molecule has 3 N–H and O–H groups in total. The van der Waals surface area contributed by atoms with E-state index in [-0.39, 0.29) is 11.9 Å². The van der Waals surface area contributed by atoms with E-state index >= 15 is 0 Å². The Hall–Kier alpha value is -0.940. The molecule has 0 aliphatic heterocycles. The van der Waals surface area contributed by atoms with E-state index in [1.165, 1.54) is 0 Å². The van der Waals surface area contributed by atoms with Crippen molar-refractivity contribution in [1.82, 2.24) is 10.3 Å². The van der Waals surface area contributed by atoms with Crippen molar-refractivity contribution in [2.24, 2.45) is 5.73 Å². The molecule has 1 aromatic rings. The smallest absolute Gasteiger partial charge is 0.218 e. The van der Waals surface area contributed by atoms with Gasteiger partial charge in [-0.05, 0) is 13.8 Å². The molecule has 1 aromatic heterocycles. The van der Waals surface area contributed by atoms with E-state index < -0.39 is 0 Å². The highest BCUT2D eigenvalue weighted by Gasteiger charge is 2.11. The first-order valence-electron chi connectivity index (χ1n) is 5.42. The minimum atomic E-state index is -0.266. The van der Waals surface area contributed by atoms with E-state index in [4.69, 9.17) is 5.73 Å². The molecule has 0 bridgehead atoms. The zero-order chi connectivity index (χ0) is 12.1. The Labute approximate surface area is 100 Å². The third-order valence-corrected chi connectivity index (χ3v) is 3.53. The number of nitrogens with zero attached hydrogens (tertiary/aromatic N) is 1. The molecule has 0 saturated carbocycles. The highest BCUT2D eigenvalue weighted by atomic mass is 32.1. The van der Waals surface area contributed by atoms with Gasteiger partial charge in [-0.3, -0.25) is 4.79 Å². The van der Waals surface area contributed by atoms with Gasteiger partial charge in [0.05, 0.1) is 5.01 Å². The fourth-order valence-electron chi connectivity index (χ4n) is 1.44. The van der Waals surface area contributed by atoms with Crippen molar-refractivity contribution in [3.8, 4) is 0 Å². The van der Waals surface area contributed by atoms with Crippen molar-refractivity contribution in [2.75, 3.05) is 6.54 Å². The number of carbonyl (C=O) groups is 1. The van der Waals surface area contributed by atoms with Crippen LogP contribution < -0.4 is 11.1 Å². The van der Waals surface area contributed by atoms with Crippen LogP contribution in [-0.4, -0.2) is 23.5 Å². The zero-order valence-electron chi connectivity index (χ0n) is 9.99. The van der Waals surface area contributed by atoms with E-state index in [9.17, 15) is 4.79 Å². The number of nitrogens with two attached hydrogens (primary N) is 1. The molecule has 0 fully saturated rings. The zero-order valence-corrected chi connectivity index (χ0v) is 10.8. The summed E-state index contributed by atoms with van der Waals surface area (Å²) in [4.78, 5) is 15.1. The first-order chi connectivity index (χ1) is 7.49. The molecule has 4 nitrogen and oxygen atoms in total. The van der Waals surface area contributed by atoms with Crippen LogP contribution in [0.4, 0.5) is 0 Å². The van der Waals surface area contributed by atoms with Crippen molar-refractivity contribution < 1.29 is 4.79 Å². The van der Waals surface area contributed by atoms with E-state index in [0.717, 1.165) is 17.2 Å². The number of hydrogen-bond acceptors (Lipinski definition) is 4. The molecule has 0 aliphatic carbocycles. The van der Waals surface area contributed by atoms with Crippen molar-refractivity contribution in [3.05, 3.63) is 16.1 Å². The van der Waals surface area contributed by atoms with Gasteiger partial charge in [-0.1, -0.05) is 6.92 Å². The Balaban J connectivity index is 2.35. The Bertz CT molecular complexity index is 351. The normalized spacial score (nSPS) is 14.7. The Morgan fingerprint density at radius 3 is 2.81 bits per heavy atom. The van der Waals surface area contributed by atoms with Gasteiger partial charge in [-0.25, -0.2) is 4.98 Å². The Morgan fingerprint density at radius 2 is 2.31 bits per heavy atom. The number of carbonyl (C=O) groups excluding carboxylic acids is 1. The number of hydrogen-bond donors (Lipinski definition) is 2. The first-order valence-corrected chi connectivity index (χ1v) is 6.30. The largest absolute Gasteiger partial charge is 0.370 e. The van der Waals surface area contributed by atoms with Crippen LogP contribution in [0.25, 0.3) is 0 Å². The highest BCUT2D eigenvalue weighted by molar-refractivity contribution is 7.09. The van der Waals surface area contributed by atoms with Crippen LogP contribution in [-0.2, 0) is 4.79 Å². The van der Waals surface area contributed by atoms with Gasteiger partial charge in [0.1, 0.15) is 0 Å². The van der Waals surface area contributed by atoms with Crippen molar-refractivity contribution in [3.63, 3.8) is 0 Å². The van der Waals surface area contributed by atoms with Crippen LogP contribution in [0.3, 0.4) is 0 Å². The topological polar surface area (TPSA) is 68.0 Å². The maximum absolute atomic E-state index is 10.7. The molecule has 16 heavy (non-hydrogen) atoms.